The van der Waals surface area contributed by atoms with Gasteiger partial charge in [0.2, 0.25) is 10.0 Å². The summed E-state index contributed by atoms with van der Waals surface area (Å²) >= 11 is 0. The Morgan fingerprint density at radius 2 is 2.05 bits per heavy atom. The number of sulfonamides is 1. The number of hydrogen-bond acceptors (Lipinski definition) is 4. The molecule has 0 unspecified atom stereocenters. The second-order valence-corrected chi connectivity index (χ2v) is 6.85. The van der Waals surface area contributed by atoms with Crippen molar-refractivity contribution in [1.82, 2.24) is 9.62 Å². The van der Waals surface area contributed by atoms with Crippen molar-refractivity contribution in [2.24, 2.45) is 0 Å². The molecule has 0 amide bonds. The first-order valence-corrected chi connectivity index (χ1v) is 8.56. The van der Waals surface area contributed by atoms with Gasteiger partial charge in [0.25, 0.3) is 0 Å². The van der Waals surface area contributed by atoms with Gasteiger partial charge in [-0.3, -0.25) is 0 Å². The maximum atomic E-state index is 13.5. The standard InChI is InChI=1S/C14H21FN2O3S/c1-2-5-16-11-12-3-4-13(15)10-14(12)21(18,19)17-6-8-20-9-7-17/h3-4,10,16H,2,5-9,11H2,1H3. The van der Waals surface area contributed by atoms with E-state index in [1.807, 2.05) is 6.92 Å². The molecule has 0 atom stereocenters. The van der Waals surface area contributed by atoms with Crippen LogP contribution in [0.1, 0.15) is 18.9 Å². The molecule has 1 aliphatic heterocycles. The van der Waals surface area contributed by atoms with Crippen molar-refractivity contribution < 1.29 is 17.5 Å². The lowest BCUT2D eigenvalue weighted by Crippen LogP contribution is -2.41. The summed E-state index contributed by atoms with van der Waals surface area (Å²) in [5.41, 5.74) is 0.594. The maximum absolute atomic E-state index is 13.5. The summed E-state index contributed by atoms with van der Waals surface area (Å²) in [6.45, 7) is 4.59. The van der Waals surface area contributed by atoms with Gasteiger partial charge in [-0.25, -0.2) is 12.8 Å². The van der Waals surface area contributed by atoms with E-state index in [2.05, 4.69) is 5.32 Å². The summed E-state index contributed by atoms with van der Waals surface area (Å²) in [5.74, 6) is -0.541. The van der Waals surface area contributed by atoms with Crippen LogP contribution >= 0.6 is 0 Å². The molecule has 1 fully saturated rings. The average Bonchev–Trinajstić information content (AvgIpc) is 2.50. The van der Waals surface area contributed by atoms with Gasteiger partial charge < -0.3 is 10.1 Å². The van der Waals surface area contributed by atoms with Gasteiger partial charge in [0.15, 0.2) is 0 Å². The van der Waals surface area contributed by atoms with E-state index in [9.17, 15) is 12.8 Å². The monoisotopic (exact) mass is 316 g/mol. The van der Waals surface area contributed by atoms with Crippen LogP contribution in [0.4, 0.5) is 4.39 Å². The molecular formula is C14H21FN2O3S. The predicted molar refractivity (Wildman–Crippen MR) is 78.0 cm³/mol. The van der Waals surface area contributed by atoms with Gasteiger partial charge in [-0.05, 0) is 30.7 Å². The number of ether oxygens (including phenoxy) is 1. The van der Waals surface area contributed by atoms with E-state index in [1.54, 1.807) is 0 Å². The minimum Gasteiger partial charge on any atom is -0.379 e. The second-order valence-electron chi connectivity index (χ2n) is 4.95. The highest BCUT2D eigenvalue weighted by molar-refractivity contribution is 7.89. The summed E-state index contributed by atoms with van der Waals surface area (Å²) in [6, 6.07) is 3.93. The largest absolute Gasteiger partial charge is 0.379 e. The van der Waals surface area contributed by atoms with Gasteiger partial charge in [-0.2, -0.15) is 4.31 Å². The average molecular weight is 316 g/mol. The minimum absolute atomic E-state index is 0.0491. The van der Waals surface area contributed by atoms with Crippen molar-refractivity contribution >= 4 is 10.0 Å². The van der Waals surface area contributed by atoms with Crippen LogP contribution in [-0.2, 0) is 21.3 Å². The first-order chi connectivity index (χ1) is 10.1. The first-order valence-electron chi connectivity index (χ1n) is 7.12. The molecule has 1 saturated heterocycles. The topological polar surface area (TPSA) is 58.6 Å². The molecule has 1 aliphatic rings. The Morgan fingerprint density at radius 3 is 2.71 bits per heavy atom. The van der Waals surface area contributed by atoms with E-state index in [0.717, 1.165) is 19.0 Å². The van der Waals surface area contributed by atoms with Crippen molar-refractivity contribution in [3.8, 4) is 0 Å². The van der Waals surface area contributed by atoms with E-state index in [-0.39, 0.29) is 4.90 Å². The summed E-state index contributed by atoms with van der Waals surface area (Å²) in [6.07, 6.45) is 0.951. The number of halogens is 1. The van der Waals surface area contributed by atoms with Crippen LogP contribution in [0, 0.1) is 5.82 Å². The zero-order chi connectivity index (χ0) is 15.3. The quantitative estimate of drug-likeness (QED) is 0.805. The van der Waals surface area contributed by atoms with Crippen LogP contribution in [0.3, 0.4) is 0 Å². The number of nitrogens with zero attached hydrogens (tertiary/aromatic N) is 1. The number of rotatable bonds is 6. The molecule has 5 nitrogen and oxygen atoms in total. The van der Waals surface area contributed by atoms with Crippen molar-refractivity contribution in [3.05, 3.63) is 29.6 Å². The fourth-order valence-electron chi connectivity index (χ4n) is 2.24. The van der Waals surface area contributed by atoms with Gasteiger partial charge in [-0.1, -0.05) is 13.0 Å². The van der Waals surface area contributed by atoms with Gasteiger partial charge in [0.1, 0.15) is 5.82 Å². The Hall–Kier alpha value is -1.02. The highest BCUT2D eigenvalue weighted by Gasteiger charge is 2.28. The van der Waals surface area contributed by atoms with E-state index in [1.165, 1.54) is 16.4 Å². The lowest BCUT2D eigenvalue weighted by atomic mass is 10.2. The molecule has 0 aromatic heterocycles. The Kier molecular flexibility index (Phi) is 5.69. The molecule has 0 radical (unpaired) electrons. The molecule has 2 rings (SSSR count). The minimum atomic E-state index is -3.68. The Labute approximate surface area is 125 Å². The van der Waals surface area contributed by atoms with E-state index >= 15 is 0 Å². The summed E-state index contributed by atoms with van der Waals surface area (Å²) in [5, 5.41) is 3.16. The zero-order valence-corrected chi connectivity index (χ0v) is 13.0. The van der Waals surface area contributed by atoms with Crippen molar-refractivity contribution in [1.29, 1.82) is 0 Å². The van der Waals surface area contributed by atoms with Crippen LogP contribution in [0.15, 0.2) is 23.1 Å². The van der Waals surface area contributed by atoms with Crippen LogP contribution in [0.2, 0.25) is 0 Å². The molecule has 21 heavy (non-hydrogen) atoms. The third-order valence-corrected chi connectivity index (χ3v) is 5.34. The fraction of sp³-hybridized carbons (Fsp3) is 0.571. The fourth-order valence-corrected chi connectivity index (χ4v) is 3.88. The zero-order valence-electron chi connectivity index (χ0n) is 12.1. The summed E-state index contributed by atoms with van der Waals surface area (Å²) < 4.78 is 45.4. The first kappa shape index (κ1) is 16.4. The lowest BCUT2D eigenvalue weighted by molar-refractivity contribution is 0.0730. The Bertz CT molecular complexity index is 572. The third kappa shape index (κ3) is 4.00. The summed E-state index contributed by atoms with van der Waals surface area (Å²) in [4.78, 5) is 0.0491. The van der Waals surface area contributed by atoms with Crippen molar-refractivity contribution in [2.45, 2.75) is 24.8 Å². The van der Waals surface area contributed by atoms with E-state index < -0.39 is 15.8 Å². The molecule has 1 N–H and O–H groups in total. The third-order valence-electron chi connectivity index (χ3n) is 3.36. The van der Waals surface area contributed by atoms with Crippen molar-refractivity contribution in [2.75, 3.05) is 32.8 Å². The van der Waals surface area contributed by atoms with Crippen LogP contribution < -0.4 is 5.32 Å². The van der Waals surface area contributed by atoms with Crippen LogP contribution in [-0.4, -0.2) is 45.6 Å². The van der Waals surface area contributed by atoms with Crippen LogP contribution in [0.5, 0.6) is 0 Å². The second kappa shape index (κ2) is 7.31. The number of nitrogens with one attached hydrogen (secondary N) is 1. The highest BCUT2D eigenvalue weighted by Crippen LogP contribution is 2.22. The Balaban J connectivity index is 2.29. The maximum Gasteiger partial charge on any atom is 0.243 e. The molecule has 0 spiro atoms. The van der Waals surface area contributed by atoms with E-state index in [4.69, 9.17) is 4.74 Å². The molecule has 1 heterocycles. The van der Waals surface area contributed by atoms with E-state index in [0.29, 0.717) is 38.4 Å². The summed E-state index contributed by atoms with van der Waals surface area (Å²) in [7, 11) is -3.68. The molecule has 118 valence electrons. The molecule has 7 heteroatoms. The van der Waals surface area contributed by atoms with Crippen molar-refractivity contribution in [3.63, 3.8) is 0 Å². The lowest BCUT2D eigenvalue weighted by Gasteiger charge is -2.27. The molecule has 1 aromatic rings. The molecule has 0 saturated carbocycles. The SMILES string of the molecule is CCCNCc1ccc(F)cc1S(=O)(=O)N1CCOCC1. The predicted octanol–water partition coefficient (Wildman–Crippen LogP) is 1.35. The van der Waals surface area contributed by atoms with Gasteiger partial charge in [0, 0.05) is 19.6 Å². The van der Waals surface area contributed by atoms with Gasteiger partial charge in [-0.15, -0.1) is 0 Å². The smallest absolute Gasteiger partial charge is 0.243 e. The van der Waals surface area contributed by atoms with Crippen LogP contribution in [0.25, 0.3) is 0 Å². The molecule has 0 aliphatic carbocycles. The molecular weight excluding hydrogens is 295 g/mol. The molecule has 1 aromatic carbocycles. The van der Waals surface area contributed by atoms with Gasteiger partial charge in [0.05, 0.1) is 18.1 Å². The number of hydrogen-bond donors (Lipinski definition) is 1. The number of benzene rings is 1. The highest BCUT2D eigenvalue weighted by atomic mass is 32.2. The number of morpholine rings is 1. The molecule has 0 bridgehead atoms. The Morgan fingerprint density at radius 1 is 1.33 bits per heavy atom. The van der Waals surface area contributed by atoms with Gasteiger partial charge >= 0.3 is 0 Å². The normalized spacial score (nSPS) is 17.0.